The van der Waals surface area contributed by atoms with E-state index in [9.17, 15) is 4.79 Å². The molecule has 0 spiro atoms. The molecule has 1 heterocycles. The maximum absolute atomic E-state index is 11.2. The summed E-state index contributed by atoms with van der Waals surface area (Å²) in [5, 5.41) is 6.14. The fourth-order valence-corrected chi connectivity index (χ4v) is 1.98. The Kier molecular flexibility index (Phi) is 2.29. The predicted octanol–water partition coefficient (Wildman–Crippen LogP) is 2.92. The first-order valence-electron chi connectivity index (χ1n) is 5.56. The van der Waals surface area contributed by atoms with Gasteiger partial charge in [-0.25, -0.2) is 0 Å². The highest BCUT2D eigenvalue weighted by Gasteiger charge is 2.17. The molecule has 0 atom stereocenters. The number of benzene rings is 2. The van der Waals surface area contributed by atoms with Gasteiger partial charge in [0.15, 0.2) is 0 Å². The number of hydrogen-bond acceptors (Lipinski definition) is 2. The van der Waals surface area contributed by atoms with Crippen molar-refractivity contribution in [1.29, 1.82) is 0 Å². The molecule has 2 aromatic carbocycles. The molecule has 3 rings (SSSR count). The number of para-hydroxylation sites is 1. The number of amides is 1. The monoisotopic (exact) mass is 224 g/mol. The van der Waals surface area contributed by atoms with Crippen molar-refractivity contribution in [3.8, 4) is 0 Å². The summed E-state index contributed by atoms with van der Waals surface area (Å²) in [7, 11) is 0. The average Bonchev–Trinajstić information content (AvgIpc) is 2.70. The lowest BCUT2D eigenvalue weighted by Gasteiger charge is -2.07. The van der Waals surface area contributed by atoms with Crippen molar-refractivity contribution < 1.29 is 4.79 Å². The Morgan fingerprint density at radius 3 is 2.65 bits per heavy atom. The SMILES string of the molecule is O=C1Cc2ccc(Nc3ccccc3)cc2N1. The van der Waals surface area contributed by atoms with Crippen LogP contribution in [0.1, 0.15) is 5.56 Å². The van der Waals surface area contributed by atoms with Crippen LogP contribution >= 0.6 is 0 Å². The molecule has 1 amide bonds. The lowest BCUT2D eigenvalue weighted by Crippen LogP contribution is -2.03. The van der Waals surface area contributed by atoms with E-state index in [0.29, 0.717) is 6.42 Å². The Morgan fingerprint density at radius 1 is 1.00 bits per heavy atom. The zero-order chi connectivity index (χ0) is 11.7. The Morgan fingerprint density at radius 2 is 1.82 bits per heavy atom. The van der Waals surface area contributed by atoms with Gasteiger partial charge in [-0.15, -0.1) is 0 Å². The van der Waals surface area contributed by atoms with E-state index in [1.807, 2.05) is 48.5 Å². The smallest absolute Gasteiger partial charge is 0.228 e. The average molecular weight is 224 g/mol. The van der Waals surface area contributed by atoms with Crippen molar-refractivity contribution in [3.63, 3.8) is 0 Å². The quantitative estimate of drug-likeness (QED) is 0.823. The van der Waals surface area contributed by atoms with Gasteiger partial charge in [0.25, 0.3) is 0 Å². The molecule has 1 aliphatic heterocycles. The Balaban J connectivity index is 1.86. The molecule has 3 nitrogen and oxygen atoms in total. The summed E-state index contributed by atoms with van der Waals surface area (Å²) in [6.45, 7) is 0. The van der Waals surface area contributed by atoms with Gasteiger partial charge in [0.1, 0.15) is 0 Å². The molecule has 2 aromatic rings. The van der Waals surface area contributed by atoms with Gasteiger partial charge in [-0.3, -0.25) is 4.79 Å². The van der Waals surface area contributed by atoms with E-state index in [4.69, 9.17) is 0 Å². The topological polar surface area (TPSA) is 41.1 Å². The van der Waals surface area contributed by atoms with Crippen LogP contribution in [0.5, 0.6) is 0 Å². The molecule has 0 fully saturated rings. The van der Waals surface area contributed by atoms with Crippen LogP contribution in [0.25, 0.3) is 0 Å². The van der Waals surface area contributed by atoms with Crippen LogP contribution in [0, 0.1) is 0 Å². The van der Waals surface area contributed by atoms with Crippen LogP contribution in [0.4, 0.5) is 17.1 Å². The van der Waals surface area contributed by atoms with Gasteiger partial charge >= 0.3 is 0 Å². The molecule has 0 bridgehead atoms. The van der Waals surface area contributed by atoms with Gasteiger partial charge in [-0.1, -0.05) is 24.3 Å². The lowest BCUT2D eigenvalue weighted by molar-refractivity contribution is -0.115. The van der Waals surface area contributed by atoms with Crippen molar-refractivity contribution >= 4 is 23.0 Å². The first kappa shape index (κ1) is 9.90. The molecular weight excluding hydrogens is 212 g/mol. The number of carbonyl (C=O) groups excluding carboxylic acids is 1. The predicted molar refractivity (Wildman–Crippen MR) is 68.5 cm³/mol. The fraction of sp³-hybridized carbons (Fsp3) is 0.0714. The molecule has 2 N–H and O–H groups in total. The summed E-state index contributed by atoms with van der Waals surface area (Å²) in [4.78, 5) is 11.2. The molecule has 0 radical (unpaired) electrons. The van der Waals surface area contributed by atoms with Crippen LogP contribution in [0.15, 0.2) is 48.5 Å². The van der Waals surface area contributed by atoms with Crippen molar-refractivity contribution in [3.05, 3.63) is 54.1 Å². The lowest BCUT2D eigenvalue weighted by atomic mass is 10.1. The van der Waals surface area contributed by atoms with Crippen LogP contribution < -0.4 is 10.6 Å². The van der Waals surface area contributed by atoms with Gasteiger partial charge in [0.05, 0.1) is 6.42 Å². The van der Waals surface area contributed by atoms with E-state index < -0.39 is 0 Å². The van der Waals surface area contributed by atoms with E-state index in [1.54, 1.807) is 0 Å². The van der Waals surface area contributed by atoms with Gasteiger partial charge < -0.3 is 10.6 Å². The first-order valence-corrected chi connectivity index (χ1v) is 5.56. The standard InChI is InChI=1S/C14H12N2O/c17-14-8-10-6-7-12(9-13(10)16-14)15-11-4-2-1-3-5-11/h1-7,9,15H,8H2,(H,16,17). The third-order valence-electron chi connectivity index (χ3n) is 2.80. The highest BCUT2D eigenvalue weighted by Crippen LogP contribution is 2.27. The van der Waals surface area contributed by atoms with Crippen LogP contribution in [0.2, 0.25) is 0 Å². The van der Waals surface area contributed by atoms with Gasteiger partial charge in [0.2, 0.25) is 5.91 Å². The van der Waals surface area contributed by atoms with Crippen molar-refractivity contribution in [1.82, 2.24) is 0 Å². The minimum Gasteiger partial charge on any atom is -0.355 e. The van der Waals surface area contributed by atoms with E-state index in [2.05, 4.69) is 10.6 Å². The van der Waals surface area contributed by atoms with Crippen LogP contribution in [-0.2, 0) is 11.2 Å². The molecule has 0 saturated carbocycles. The summed E-state index contributed by atoms with van der Waals surface area (Å²) in [5.74, 6) is 0.0665. The third kappa shape index (κ3) is 1.99. The molecule has 0 aliphatic carbocycles. The van der Waals surface area contributed by atoms with Gasteiger partial charge in [0, 0.05) is 17.1 Å². The maximum atomic E-state index is 11.2. The second-order valence-electron chi connectivity index (χ2n) is 4.09. The van der Waals surface area contributed by atoms with Crippen LogP contribution in [-0.4, -0.2) is 5.91 Å². The summed E-state index contributed by atoms with van der Waals surface area (Å²) in [5.41, 5.74) is 4.00. The number of fused-ring (bicyclic) bond motifs is 1. The normalized spacial score (nSPS) is 13.1. The zero-order valence-corrected chi connectivity index (χ0v) is 9.23. The fourth-order valence-electron chi connectivity index (χ4n) is 1.98. The minimum atomic E-state index is 0.0665. The second-order valence-corrected chi connectivity index (χ2v) is 4.09. The molecule has 0 unspecified atom stereocenters. The molecule has 0 saturated heterocycles. The summed E-state index contributed by atoms with van der Waals surface area (Å²) in [6.07, 6.45) is 0.487. The van der Waals surface area contributed by atoms with Crippen molar-refractivity contribution in [2.45, 2.75) is 6.42 Å². The molecule has 17 heavy (non-hydrogen) atoms. The van der Waals surface area contributed by atoms with E-state index in [0.717, 1.165) is 22.6 Å². The van der Waals surface area contributed by atoms with Crippen LogP contribution in [0.3, 0.4) is 0 Å². The Hall–Kier alpha value is -2.29. The second kappa shape index (κ2) is 3.94. The van der Waals surface area contributed by atoms with E-state index in [1.165, 1.54) is 0 Å². The van der Waals surface area contributed by atoms with E-state index >= 15 is 0 Å². The number of nitrogens with one attached hydrogen (secondary N) is 2. The van der Waals surface area contributed by atoms with E-state index in [-0.39, 0.29) is 5.91 Å². The highest BCUT2D eigenvalue weighted by molar-refractivity contribution is 5.99. The summed E-state index contributed by atoms with van der Waals surface area (Å²) >= 11 is 0. The summed E-state index contributed by atoms with van der Waals surface area (Å²) < 4.78 is 0. The maximum Gasteiger partial charge on any atom is 0.228 e. The van der Waals surface area contributed by atoms with Crippen molar-refractivity contribution in [2.24, 2.45) is 0 Å². The molecule has 84 valence electrons. The number of carbonyl (C=O) groups is 1. The van der Waals surface area contributed by atoms with Gasteiger partial charge in [-0.05, 0) is 29.8 Å². The molecule has 0 aromatic heterocycles. The first-order chi connectivity index (χ1) is 8.31. The number of rotatable bonds is 2. The molecule has 1 aliphatic rings. The number of anilines is 3. The number of hydrogen-bond donors (Lipinski definition) is 2. The third-order valence-corrected chi connectivity index (χ3v) is 2.80. The Bertz CT molecular complexity index is 564. The minimum absolute atomic E-state index is 0.0665. The zero-order valence-electron chi connectivity index (χ0n) is 9.23. The highest BCUT2D eigenvalue weighted by atomic mass is 16.1. The Labute approximate surface area is 99.5 Å². The molecule has 3 heteroatoms. The van der Waals surface area contributed by atoms with Crippen molar-refractivity contribution in [2.75, 3.05) is 10.6 Å². The summed E-state index contributed by atoms with van der Waals surface area (Å²) in [6, 6.07) is 15.9. The largest absolute Gasteiger partial charge is 0.355 e. The molecular formula is C14H12N2O. The van der Waals surface area contributed by atoms with Gasteiger partial charge in [-0.2, -0.15) is 0 Å².